The maximum Gasteiger partial charge on any atom is 0.251 e. The van der Waals surface area contributed by atoms with Crippen LogP contribution in [0, 0.1) is 5.41 Å². The molecule has 0 aromatic heterocycles. The second-order valence-corrected chi connectivity index (χ2v) is 7.03. The second kappa shape index (κ2) is 6.64. The number of carbonyl (C=O) groups is 1. The predicted octanol–water partition coefficient (Wildman–Crippen LogP) is 3.08. The van der Waals surface area contributed by atoms with E-state index in [0.717, 1.165) is 29.9 Å². The summed E-state index contributed by atoms with van der Waals surface area (Å²) >= 11 is 1.73. The Hall–Kier alpha value is -1.00. The molecule has 1 aliphatic rings. The number of thioether (sulfide) groups is 1. The van der Waals surface area contributed by atoms with Crippen molar-refractivity contribution in [2.45, 2.75) is 44.0 Å². The third kappa shape index (κ3) is 3.36. The van der Waals surface area contributed by atoms with Crippen molar-refractivity contribution in [2.75, 3.05) is 12.4 Å². The van der Waals surface area contributed by atoms with Crippen LogP contribution >= 0.6 is 11.8 Å². The summed E-state index contributed by atoms with van der Waals surface area (Å²) in [6.45, 7) is 4.28. The number of amides is 1. The zero-order chi connectivity index (χ0) is 14.6. The van der Waals surface area contributed by atoms with E-state index in [1.54, 1.807) is 11.8 Å². The van der Waals surface area contributed by atoms with E-state index >= 15 is 0 Å². The van der Waals surface area contributed by atoms with Gasteiger partial charge in [-0.1, -0.05) is 26.3 Å². The average Bonchev–Trinajstić information content (AvgIpc) is 2.81. The largest absolute Gasteiger partial charge is 0.396 e. The van der Waals surface area contributed by atoms with Crippen LogP contribution in [-0.2, 0) is 0 Å². The highest BCUT2D eigenvalue weighted by atomic mass is 32.2. The normalized spacial score (nSPS) is 25.6. The molecule has 110 valence electrons. The highest BCUT2D eigenvalue weighted by molar-refractivity contribution is 7.99. The molecule has 0 saturated heterocycles. The van der Waals surface area contributed by atoms with Gasteiger partial charge in [-0.05, 0) is 36.8 Å². The van der Waals surface area contributed by atoms with E-state index in [-0.39, 0.29) is 24.0 Å². The van der Waals surface area contributed by atoms with Crippen LogP contribution in [0.5, 0.6) is 0 Å². The fourth-order valence-electron chi connectivity index (χ4n) is 2.80. The molecule has 2 N–H and O–H groups in total. The summed E-state index contributed by atoms with van der Waals surface area (Å²) in [5.74, 6) is 0.964. The zero-order valence-corrected chi connectivity index (χ0v) is 13.0. The van der Waals surface area contributed by atoms with Crippen molar-refractivity contribution in [3.63, 3.8) is 0 Å². The summed E-state index contributed by atoms with van der Waals surface area (Å²) in [6, 6.07) is 7.81. The van der Waals surface area contributed by atoms with Crippen LogP contribution in [0.2, 0.25) is 0 Å². The van der Waals surface area contributed by atoms with Gasteiger partial charge < -0.3 is 10.4 Å². The van der Waals surface area contributed by atoms with Gasteiger partial charge in [0.05, 0.1) is 6.61 Å². The molecule has 2 unspecified atom stereocenters. The lowest BCUT2D eigenvalue weighted by Crippen LogP contribution is -2.44. The average molecular weight is 293 g/mol. The molecule has 0 aliphatic heterocycles. The molecule has 0 radical (unpaired) electrons. The smallest absolute Gasteiger partial charge is 0.251 e. The Morgan fingerprint density at radius 2 is 2.35 bits per heavy atom. The fourth-order valence-corrected chi connectivity index (χ4v) is 3.52. The van der Waals surface area contributed by atoms with Gasteiger partial charge in [-0.25, -0.2) is 0 Å². The first kappa shape index (κ1) is 15.4. The predicted molar refractivity (Wildman–Crippen MR) is 83.1 cm³/mol. The molecule has 2 atom stereocenters. The van der Waals surface area contributed by atoms with Crippen molar-refractivity contribution < 1.29 is 9.90 Å². The first-order valence-electron chi connectivity index (χ1n) is 7.23. The van der Waals surface area contributed by atoms with Crippen LogP contribution in [0.25, 0.3) is 0 Å². The van der Waals surface area contributed by atoms with Crippen LogP contribution in [0.3, 0.4) is 0 Å². The lowest BCUT2D eigenvalue weighted by molar-refractivity contribution is 0.0830. The molecule has 0 heterocycles. The van der Waals surface area contributed by atoms with E-state index < -0.39 is 0 Å². The maximum absolute atomic E-state index is 12.4. The number of rotatable bonds is 5. The zero-order valence-electron chi connectivity index (χ0n) is 12.2. The van der Waals surface area contributed by atoms with Crippen molar-refractivity contribution in [3.05, 3.63) is 29.8 Å². The molecule has 1 aromatic rings. The minimum Gasteiger partial charge on any atom is -0.396 e. The number of hydrogen-bond acceptors (Lipinski definition) is 3. The van der Waals surface area contributed by atoms with Crippen molar-refractivity contribution >= 4 is 17.7 Å². The van der Waals surface area contributed by atoms with Gasteiger partial charge >= 0.3 is 0 Å². The number of hydrogen-bond donors (Lipinski definition) is 2. The van der Waals surface area contributed by atoms with Gasteiger partial charge in [0.15, 0.2) is 0 Å². The van der Waals surface area contributed by atoms with E-state index in [1.807, 2.05) is 31.2 Å². The van der Waals surface area contributed by atoms with Gasteiger partial charge in [0.1, 0.15) is 0 Å². The lowest BCUT2D eigenvalue weighted by Gasteiger charge is -2.30. The Morgan fingerprint density at radius 1 is 1.55 bits per heavy atom. The van der Waals surface area contributed by atoms with Gasteiger partial charge in [-0.2, -0.15) is 0 Å². The summed E-state index contributed by atoms with van der Waals surface area (Å²) in [6.07, 6.45) is 2.99. The number of aliphatic hydroxyl groups is 1. The Kier molecular flexibility index (Phi) is 5.11. The Balaban J connectivity index is 2.06. The molecule has 20 heavy (non-hydrogen) atoms. The minimum absolute atomic E-state index is 0.0323. The molecular weight excluding hydrogens is 270 g/mol. The number of nitrogens with one attached hydrogen (secondary N) is 1. The van der Waals surface area contributed by atoms with Crippen molar-refractivity contribution in [1.82, 2.24) is 5.32 Å². The summed E-state index contributed by atoms with van der Waals surface area (Å²) in [5.41, 5.74) is 0.529. The molecule has 4 heteroatoms. The second-order valence-electron chi connectivity index (χ2n) is 5.69. The molecule has 1 aliphatic carbocycles. The van der Waals surface area contributed by atoms with Crippen molar-refractivity contribution in [3.8, 4) is 0 Å². The number of aliphatic hydroxyl groups excluding tert-OH is 1. The Bertz CT molecular complexity index is 477. The topological polar surface area (TPSA) is 49.3 Å². The van der Waals surface area contributed by atoms with E-state index in [2.05, 4.69) is 12.2 Å². The van der Waals surface area contributed by atoms with Gasteiger partial charge in [0.25, 0.3) is 5.91 Å². The summed E-state index contributed by atoms with van der Waals surface area (Å²) in [4.78, 5) is 13.5. The first-order chi connectivity index (χ1) is 9.59. The highest BCUT2D eigenvalue weighted by Gasteiger charge is 2.39. The van der Waals surface area contributed by atoms with Crippen LogP contribution in [0.4, 0.5) is 0 Å². The van der Waals surface area contributed by atoms with E-state index in [1.165, 1.54) is 0 Å². The SMILES string of the molecule is CCSc1cccc(C(=O)NC2CCCC2(C)CO)c1. The summed E-state index contributed by atoms with van der Waals surface area (Å²) < 4.78 is 0. The quantitative estimate of drug-likeness (QED) is 0.820. The van der Waals surface area contributed by atoms with Gasteiger partial charge in [0.2, 0.25) is 0 Å². The van der Waals surface area contributed by atoms with Crippen LogP contribution < -0.4 is 5.32 Å². The van der Waals surface area contributed by atoms with Gasteiger partial charge in [-0.3, -0.25) is 4.79 Å². The van der Waals surface area contributed by atoms with E-state index in [0.29, 0.717) is 5.56 Å². The molecule has 0 bridgehead atoms. The first-order valence-corrected chi connectivity index (χ1v) is 8.22. The molecule has 2 rings (SSSR count). The molecular formula is C16H23NO2S. The highest BCUT2D eigenvalue weighted by Crippen LogP contribution is 2.37. The molecule has 1 saturated carbocycles. The monoisotopic (exact) mass is 293 g/mol. The van der Waals surface area contributed by atoms with Crippen molar-refractivity contribution in [2.24, 2.45) is 5.41 Å². The molecule has 1 amide bonds. The molecule has 0 spiro atoms. The van der Waals surface area contributed by atoms with E-state index in [4.69, 9.17) is 0 Å². The molecule has 1 aromatic carbocycles. The lowest BCUT2D eigenvalue weighted by atomic mass is 9.85. The summed E-state index contributed by atoms with van der Waals surface area (Å²) in [5, 5.41) is 12.6. The van der Waals surface area contributed by atoms with Crippen molar-refractivity contribution in [1.29, 1.82) is 0 Å². The van der Waals surface area contributed by atoms with Gasteiger partial charge in [-0.15, -0.1) is 11.8 Å². The maximum atomic E-state index is 12.4. The Morgan fingerprint density at radius 3 is 3.05 bits per heavy atom. The molecule has 1 fully saturated rings. The van der Waals surface area contributed by atoms with Crippen LogP contribution in [0.1, 0.15) is 43.5 Å². The summed E-state index contributed by atoms with van der Waals surface area (Å²) in [7, 11) is 0. The Labute approximate surface area is 125 Å². The fraction of sp³-hybridized carbons (Fsp3) is 0.562. The van der Waals surface area contributed by atoms with Crippen LogP contribution in [-0.4, -0.2) is 29.4 Å². The van der Waals surface area contributed by atoms with Gasteiger partial charge in [0, 0.05) is 21.9 Å². The standard InChI is InChI=1S/C16H23NO2S/c1-3-20-13-7-4-6-12(10-13)15(19)17-14-8-5-9-16(14,2)11-18/h4,6-7,10,14,18H,3,5,8-9,11H2,1-2H3,(H,17,19). The van der Waals surface area contributed by atoms with E-state index in [9.17, 15) is 9.90 Å². The number of benzene rings is 1. The van der Waals surface area contributed by atoms with Crippen LogP contribution in [0.15, 0.2) is 29.2 Å². The number of carbonyl (C=O) groups excluding carboxylic acids is 1. The molecule has 3 nitrogen and oxygen atoms in total. The third-order valence-electron chi connectivity index (χ3n) is 4.16. The minimum atomic E-state index is -0.175. The third-order valence-corrected chi connectivity index (χ3v) is 5.03.